The Hall–Kier alpha value is -13.4. The van der Waals surface area contributed by atoms with E-state index in [0.717, 1.165) is 133 Å². The van der Waals surface area contributed by atoms with Crippen LogP contribution in [0.3, 0.4) is 0 Å². The Morgan fingerprint density at radius 1 is 0.283 bits per heavy atom. The second-order valence-electron chi connectivity index (χ2n) is 27.0. The summed E-state index contributed by atoms with van der Waals surface area (Å²) in [6, 6.07) is 72.1. The van der Waals surface area contributed by atoms with E-state index in [1.807, 2.05) is 137 Å². The lowest BCUT2D eigenvalue weighted by Crippen LogP contribution is -2.31. The number of furan rings is 5. The summed E-state index contributed by atoms with van der Waals surface area (Å²) in [5.74, 6) is 0. The summed E-state index contributed by atoms with van der Waals surface area (Å²) < 4.78 is 40.0. The highest BCUT2D eigenvalue weighted by molar-refractivity contribution is 6.09. The molecule has 20 rings (SSSR count). The van der Waals surface area contributed by atoms with Gasteiger partial charge in [0, 0.05) is 145 Å². The number of hydrogen-bond acceptors (Lipinski definition) is 10. The number of benzene rings is 5. The van der Waals surface area contributed by atoms with Crippen molar-refractivity contribution in [2.24, 2.45) is 35.2 Å². The molecule has 0 fully saturated rings. The van der Waals surface area contributed by atoms with E-state index >= 15 is 0 Å². The zero-order chi connectivity index (χ0) is 72.9. The third kappa shape index (κ3) is 12.8. The summed E-state index contributed by atoms with van der Waals surface area (Å²) in [5, 5.41) is 8.66. The first-order valence-corrected chi connectivity index (χ1v) is 35.3. The quantitative estimate of drug-likeness (QED) is 0.152. The van der Waals surface area contributed by atoms with E-state index in [2.05, 4.69) is 232 Å². The molecule has 0 N–H and O–H groups in total. The van der Waals surface area contributed by atoms with Crippen LogP contribution in [0, 0.1) is 41.5 Å². The van der Waals surface area contributed by atoms with Crippen LogP contribution in [0.25, 0.3) is 167 Å². The maximum absolute atomic E-state index is 5.91. The standard InChI is InChI=1S/C19H17N2O.4C18H15N2O/c1-12-6-7-17(21(3)11-12)15-10-16-14-5-4-8-20-19(14)22-18(16)9-13(15)2;1-12-14(16-8-5-6-10-20(16)2)11-15-13-7-3-4-9-17(13)21-18(15)19-12;1-12-11-16-18(13-7-3-4-9-15(13)21-16)19-17(12)14-8-5-6-10-20(14)2;1-12-10-17-14(18-16(21-17)7-5-8-19-18)11-13(12)15-6-3-4-9-20(15)2;1-12-9-18-14(15-11-19-7-6-17(15)21-18)10-13(12)16-5-3-4-8-20(16)2/h4-11H,1-3H3;4*3-11H,1-2H3/q5*+1. The van der Waals surface area contributed by atoms with Crippen molar-refractivity contribution in [1.82, 2.24) is 24.9 Å². The zero-order valence-electron chi connectivity index (χ0n) is 60.9. The summed E-state index contributed by atoms with van der Waals surface area (Å²) in [6.07, 6.45) is 17.5. The molecule has 0 radical (unpaired) electrons. The van der Waals surface area contributed by atoms with Gasteiger partial charge >= 0.3 is 0 Å². The minimum absolute atomic E-state index is 0.697. The highest BCUT2D eigenvalue weighted by atomic mass is 16.4. The van der Waals surface area contributed by atoms with Crippen molar-refractivity contribution < 1.29 is 44.9 Å². The van der Waals surface area contributed by atoms with Crippen LogP contribution in [0.4, 0.5) is 0 Å². The molecule has 15 aromatic heterocycles. The van der Waals surface area contributed by atoms with Gasteiger partial charge in [0.05, 0.1) is 11.3 Å². The second-order valence-corrected chi connectivity index (χ2v) is 27.0. The fourth-order valence-electron chi connectivity index (χ4n) is 14.3. The SMILES string of the molecule is Cc1cc2oc3ccccc3c2nc1-c1cccc[n+]1C.Cc1cc2oc3cccnc3c2cc1-c1cccc[n+]1C.Cc1cc2oc3ccncc3c2cc1-c1cccc[n+]1C.Cc1ccc(-c2cc3c(cc2C)oc2ncccc23)[n+](C)c1.Cc1nc2oc3ccccc3c2cc1-c1cccc[n+]1C. The maximum atomic E-state index is 5.91. The minimum Gasteiger partial charge on any atom is -0.456 e. The molecule has 15 nitrogen and oxygen atoms in total. The van der Waals surface area contributed by atoms with Gasteiger partial charge < -0.3 is 22.1 Å². The monoisotopic (exact) mass is 1390 g/mol. The van der Waals surface area contributed by atoms with Crippen LogP contribution in [-0.2, 0) is 35.2 Å². The van der Waals surface area contributed by atoms with Crippen molar-refractivity contribution in [3.8, 4) is 56.4 Å². The second kappa shape index (κ2) is 28.1. The van der Waals surface area contributed by atoms with Crippen molar-refractivity contribution in [3.63, 3.8) is 0 Å². The first kappa shape index (κ1) is 67.1. The van der Waals surface area contributed by atoms with Gasteiger partial charge in [-0.2, -0.15) is 4.57 Å². The fourth-order valence-corrected chi connectivity index (χ4v) is 14.3. The molecule has 0 amide bonds. The Morgan fingerprint density at radius 3 is 1.39 bits per heavy atom. The van der Waals surface area contributed by atoms with E-state index < -0.39 is 0 Å². The predicted octanol–water partition coefficient (Wildman–Crippen LogP) is 19.2. The maximum Gasteiger partial charge on any atom is 0.231 e. The van der Waals surface area contributed by atoms with Gasteiger partial charge in [0.1, 0.15) is 85.5 Å². The zero-order valence-corrected chi connectivity index (χ0v) is 60.9. The number of hydrogen-bond donors (Lipinski definition) is 0. The molecule has 0 aliphatic heterocycles. The van der Waals surface area contributed by atoms with Gasteiger partial charge in [0.15, 0.2) is 42.2 Å². The lowest BCUT2D eigenvalue weighted by molar-refractivity contribution is -0.660. The molecule has 516 valence electrons. The summed E-state index contributed by atoms with van der Waals surface area (Å²) >= 11 is 0. The van der Waals surface area contributed by atoms with E-state index in [9.17, 15) is 0 Å². The molecule has 0 aliphatic carbocycles. The lowest BCUT2D eigenvalue weighted by Gasteiger charge is -2.05. The summed E-state index contributed by atoms with van der Waals surface area (Å²) in [6.45, 7) is 12.6. The van der Waals surface area contributed by atoms with Crippen LogP contribution >= 0.6 is 0 Å². The number of fused-ring (bicyclic) bond motifs is 15. The molecule has 15 heterocycles. The molecule has 0 saturated carbocycles. The number of para-hydroxylation sites is 2. The van der Waals surface area contributed by atoms with Crippen LogP contribution in [0.1, 0.15) is 33.5 Å². The van der Waals surface area contributed by atoms with Crippen LogP contribution in [0.2, 0.25) is 0 Å². The fraction of sp³-hybridized carbons (Fsp3) is 0.121. The van der Waals surface area contributed by atoms with Crippen molar-refractivity contribution >= 4 is 110 Å². The van der Waals surface area contributed by atoms with Crippen molar-refractivity contribution in [2.45, 2.75) is 41.5 Å². The Kier molecular flexibility index (Phi) is 17.8. The third-order valence-corrected chi connectivity index (χ3v) is 19.7. The molecule has 0 saturated heterocycles. The van der Waals surface area contributed by atoms with Gasteiger partial charge in [-0.15, -0.1) is 0 Å². The van der Waals surface area contributed by atoms with Gasteiger partial charge in [0.25, 0.3) is 0 Å². The number of aromatic nitrogens is 10. The molecular weight excluding hydrogens is 1310 g/mol. The Morgan fingerprint density at radius 2 is 0.745 bits per heavy atom. The lowest BCUT2D eigenvalue weighted by atomic mass is 10.0. The van der Waals surface area contributed by atoms with Gasteiger partial charge in [-0.1, -0.05) is 30.3 Å². The summed E-state index contributed by atoms with van der Waals surface area (Å²) in [5.41, 5.74) is 28.8. The molecule has 0 bridgehead atoms. The summed E-state index contributed by atoms with van der Waals surface area (Å²) in [4.78, 5) is 22.5. The van der Waals surface area contributed by atoms with E-state index in [1.165, 1.54) is 56.0 Å². The number of pyridine rings is 10. The van der Waals surface area contributed by atoms with E-state index in [-0.39, 0.29) is 0 Å². The highest BCUT2D eigenvalue weighted by Crippen LogP contribution is 2.38. The number of aryl methyl sites for hydroxylation is 11. The third-order valence-electron chi connectivity index (χ3n) is 19.7. The predicted molar refractivity (Wildman–Crippen MR) is 419 cm³/mol. The molecule has 15 heteroatoms. The van der Waals surface area contributed by atoms with E-state index in [1.54, 1.807) is 18.6 Å². The van der Waals surface area contributed by atoms with Crippen LogP contribution in [0.15, 0.2) is 290 Å². The normalized spacial score (nSPS) is 11.3. The Labute approximate surface area is 611 Å². The number of nitrogens with zero attached hydrogens (tertiary/aromatic N) is 10. The highest BCUT2D eigenvalue weighted by Gasteiger charge is 2.23. The van der Waals surface area contributed by atoms with Gasteiger partial charge in [-0.25, -0.2) is 33.2 Å². The van der Waals surface area contributed by atoms with E-state index in [0.29, 0.717) is 11.4 Å². The summed E-state index contributed by atoms with van der Waals surface area (Å²) in [7, 11) is 10.3. The van der Waals surface area contributed by atoms with E-state index in [4.69, 9.17) is 27.1 Å². The topological polar surface area (TPSA) is 150 Å². The molecule has 0 atom stereocenters. The average Bonchev–Trinajstić information content (AvgIpc) is 1.68. The van der Waals surface area contributed by atoms with Crippen molar-refractivity contribution in [1.29, 1.82) is 0 Å². The first-order chi connectivity index (χ1) is 51.6. The molecule has 0 unspecified atom stereocenters. The van der Waals surface area contributed by atoms with Gasteiger partial charge in [-0.05, 0) is 191 Å². The molecule has 5 aromatic carbocycles. The molecule has 0 spiro atoms. The van der Waals surface area contributed by atoms with Crippen LogP contribution in [-0.4, -0.2) is 24.9 Å². The van der Waals surface area contributed by atoms with Crippen molar-refractivity contribution in [2.75, 3.05) is 0 Å². The van der Waals surface area contributed by atoms with Crippen LogP contribution in [0.5, 0.6) is 0 Å². The van der Waals surface area contributed by atoms with Crippen molar-refractivity contribution in [3.05, 3.63) is 302 Å². The van der Waals surface area contributed by atoms with Crippen LogP contribution < -0.4 is 22.8 Å². The minimum atomic E-state index is 0.697. The Bertz CT molecular complexity index is 6130. The van der Waals surface area contributed by atoms with Gasteiger partial charge in [-0.3, -0.25) is 9.97 Å². The Balaban J connectivity index is 0.000000102. The molecule has 0 aliphatic rings. The molecule has 106 heavy (non-hydrogen) atoms. The number of rotatable bonds is 5. The molecular formula is C91H77N10O5+5. The largest absolute Gasteiger partial charge is 0.456 e. The average molecular weight is 1390 g/mol. The van der Waals surface area contributed by atoms with Gasteiger partial charge in [0.2, 0.25) is 39.9 Å². The first-order valence-electron chi connectivity index (χ1n) is 35.3. The smallest absolute Gasteiger partial charge is 0.231 e. The molecule has 20 aromatic rings.